The molecule has 5 nitrogen and oxygen atoms in total. The average molecular weight is 293 g/mol. The number of nitrogens with zero attached hydrogens (tertiary/aromatic N) is 3. The van der Waals surface area contributed by atoms with Gasteiger partial charge in [-0.15, -0.1) is 11.6 Å². The van der Waals surface area contributed by atoms with Crippen LogP contribution in [0.15, 0.2) is 12.3 Å². The van der Waals surface area contributed by atoms with Gasteiger partial charge < -0.3 is 9.88 Å². The second-order valence-electron chi connectivity index (χ2n) is 5.25. The third kappa shape index (κ3) is 2.16. The maximum atomic E-state index is 11.3. The Kier molecular flexibility index (Phi) is 3.38. The number of alkyl halides is 1. The lowest BCUT2D eigenvalue weighted by Gasteiger charge is -2.26. The first-order valence-electron chi connectivity index (χ1n) is 6.82. The van der Waals surface area contributed by atoms with E-state index in [2.05, 4.69) is 19.9 Å². The van der Waals surface area contributed by atoms with E-state index in [-0.39, 0.29) is 17.3 Å². The lowest BCUT2D eigenvalue weighted by Crippen LogP contribution is -2.36. The van der Waals surface area contributed by atoms with Gasteiger partial charge in [0.15, 0.2) is 5.65 Å². The fraction of sp³-hybridized carbons (Fsp3) is 0.500. The van der Waals surface area contributed by atoms with Crippen LogP contribution in [0.2, 0.25) is 0 Å². The zero-order valence-corrected chi connectivity index (χ0v) is 12.3. The molecule has 1 fully saturated rings. The van der Waals surface area contributed by atoms with Crippen LogP contribution >= 0.6 is 11.6 Å². The predicted molar refractivity (Wildman–Crippen MR) is 77.8 cm³/mol. The quantitative estimate of drug-likeness (QED) is 0.865. The topological polar surface area (TPSA) is 59.8 Å². The number of halogens is 1. The van der Waals surface area contributed by atoms with E-state index in [1.807, 2.05) is 19.9 Å². The van der Waals surface area contributed by atoms with Gasteiger partial charge in [0.25, 0.3) is 0 Å². The number of carbonyl (C=O) groups is 1. The van der Waals surface area contributed by atoms with E-state index in [9.17, 15) is 4.79 Å². The van der Waals surface area contributed by atoms with Crippen LogP contribution in [0.4, 0.5) is 0 Å². The smallest absolute Gasteiger partial charge is 0.220 e. The average Bonchev–Trinajstić information content (AvgIpc) is 2.81. The van der Waals surface area contributed by atoms with Crippen molar-refractivity contribution in [3.63, 3.8) is 0 Å². The van der Waals surface area contributed by atoms with Crippen LogP contribution in [-0.2, 0) is 4.79 Å². The Labute approximate surface area is 122 Å². The summed E-state index contributed by atoms with van der Waals surface area (Å²) in [6.07, 6.45) is 3.12. The number of pyridine rings is 1. The Morgan fingerprint density at radius 2 is 2.35 bits per heavy atom. The number of nitrogens with one attached hydrogen (secondary N) is 1. The molecule has 0 bridgehead atoms. The van der Waals surface area contributed by atoms with Gasteiger partial charge in [0.2, 0.25) is 5.91 Å². The van der Waals surface area contributed by atoms with E-state index in [0.717, 1.165) is 29.0 Å². The highest BCUT2D eigenvalue weighted by Crippen LogP contribution is 2.30. The van der Waals surface area contributed by atoms with Gasteiger partial charge in [-0.25, -0.2) is 9.97 Å². The summed E-state index contributed by atoms with van der Waals surface area (Å²) in [6.45, 7) is 4.54. The lowest BCUT2D eigenvalue weighted by molar-refractivity contribution is -0.122. The van der Waals surface area contributed by atoms with Crippen LogP contribution < -0.4 is 5.32 Å². The van der Waals surface area contributed by atoms with E-state index in [0.29, 0.717) is 13.0 Å². The van der Waals surface area contributed by atoms with E-state index in [4.69, 9.17) is 11.6 Å². The Morgan fingerprint density at radius 3 is 3.00 bits per heavy atom. The van der Waals surface area contributed by atoms with Crippen LogP contribution in [0.25, 0.3) is 11.2 Å². The molecule has 0 saturated carbocycles. The highest BCUT2D eigenvalue weighted by Gasteiger charge is 2.26. The van der Waals surface area contributed by atoms with Crippen molar-refractivity contribution < 1.29 is 4.79 Å². The number of amides is 1. The van der Waals surface area contributed by atoms with Crippen molar-refractivity contribution >= 4 is 28.7 Å². The molecule has 20 heavy (non-hydrogen) atoms. The summed E-state index contributed by atoms with van der Waals surface area (Å²) in [6, 6.07) is 2.12. The Hall–Kier alpha value is -1.62. The van der Waals surface area contributed by atoms with Crippen LogP contribution in [0.5, 0.6) is 0 Å². The van der Waals surface area contributed by atoms with Gasteiger partial charge in [0, 0.05) is 19.2 Å². The van der Waals surface area contributed by atoms with Crippen molar-refractivity contribution in [2.24, 2.45) is 0 Å². The van der Waals surface area contributed by atoms with Crippen LogP contribution in [0.1, 0.15) is 42.6 Å². The number of piperidine rings is 1. The molecule has 2 aromatic heterocycles. The summed E-state index contributed by atoms with van der Waals surface area (Å²) < 4.78 is 2.10. The molecule has 6 heteroatoms. The minimum atomic E-state index is -0.193. The van der Waals surface area contributed by atoms with Gasteiger partial charge in [-0.1, -0.05) is 0 Å². The fourth-order valence-corrected chi connectivity index (χ4v) is 2.86. The standard InChI is InChI=1S/C14H17ClN4O/c1-8-5-6-16-14-12(8)18-13(9(2)15)19(14)10-3-4-11(20)17-7-10/h5-6,9-10H,3-4,7H2,1-2H3,(H,17,20). The van der Waals surface area contributed by atoms with Crippen molar-refractivity contribution in [1.29, 1.82) is 0 Å². The number of rotatable bonds is 2. The first-order valence-corrected chi connectivity index (χ1v) is 7.25. The Morgan fingerprint density at radius 1 is 1.55 bits per heavy atom. The second kappa shape index (κ2) is 5.05. The first-order chi connectivity index (χ1) is 9.58. The lowest BCUT2D eigenvalue weighted by atomic mass is 10.1. The number of aromatic nitrogens is 3. The molecular formula is C14H17ClN4O. The predicted octanol–water partition coefficient (Wildman–Crippen LogP) is 2.49. The molecule has 1 N–H and O–H groups in total. The largest absolute Gasteiger partial charge is 0.354 e. The van der Waals surface area contributed by atoms with Gasteiger partial charge in [-0.2, -0.15) is 0 Å². The van der Waals surface area contributed by atoms with Crippen molar-refractivity contribution in [2.75, 3.05) is 6.54 Å². The fourth-order valence-electron chi connectivity index (χ4n) is 2.71. The number of imidazole rings is 1. The molecule has 2 unspecified atom stereocenters. The molecule has 0 radical (unpaired) electrons. The SMILES string of the molecule is Cc1ccnc2c1nc(C(C)Cl)n2C1CCC(=O)NC1. The summed E-state index contributed by atoms with van der Waals surface area (Å²) in [5.41, 5.74) is 2.84. The number of hydrogen-bond acceptors (Lipinski definition) is 3. The van der Waals surface area contributed by atoms with E-state index >= 15 is 0 Å². The second-order valence-corrected chi connectivity index (χ2v) is 5.91. The maximum absolute atomic E-state index is 11.3. The molecular weight excluding hydrogens is 276 g/mol. The van der Waals surface area contributed by atoms with Crippen molar-refractivity contribution in [3.8, 4) is 0 Å². The molecule has 3 rings (SSSR count). The summed E-state index contributed by atoms with van der Waals surface area (Å²) >= 11 is 6.28. The van der Waals surface area contributed by atoms with Crippen molar-refractivity contribution in [2.45, 2.75) is 38.1 Å². The van der Waals surface area contributed by atoms with Gasteiger partial charge in [0.05, 0.1) is 11.4 Å². The monoisotopic (exact) mass is 292 g/mol. The van der Waals surface area contributed by atoms with Gasteiger partial charge in [-0.05, 0) is 31.9 Å². The van der Waals surface area contributed by atoms with E-state index in [1.165, 1.54) is 0 Å². The number of carbonyl (C=O) groups excluding carboxylic acids is 1. The Balaban J connectivity index is 2.14. The van der Waals surface area contributed by atoms with E-state index in [1.54, 1.807) is 6.20 Å². The van der Waals surface area contributed by atoms with Gasteiger partial charge in [0.1, 0.15) is 11.3 Å². The van der Waals surface area contributed by atoms with Gasteiger partial charge >= 0.3 is 0 Å². The number of aryl methyl sites for hydroxylation is 1. The molecule has 0 spiro atoms. The van der Waals surface area contributed by atoms with Crippen molar-refractivity contribution in [3.05, 3.63) is 23.7 Å². The zero-order chi connectivity index (χ0) is 14.3. The molecule has 1 saturated heterocycles. The summed E-state index contributed by atoms with van der Waals surface area (Å²) in [7, 11) is 0. The molecule has 1 amide bonds. The molecule has 106 valence electrons. The Bertz CT molecular complexity index is 654. The molecule has 3 heterocycles. The van der Waals surface area contributed by atoms with E-state index < -0.39 is 0 Å². The summed E-state index contributed by atoms with van der Waals surface area (Å²) in [5, 5.41) is 2.71. The summed E-state index contributed by atoms with van der Waals surface area (Å²) in [4.78, 5) is 20.5. The third-order valence-electron chi connectivity index (χ3n) is 3.77. The van der Waals surface area contributed by atoms with Crippen LogP contribution in [-0.4, -0.2) is 27.0 Å². The minimum Gasteiger partial charge on any atom is -0.354 e. The van der Waals surface area contributed by atoms with Crippen LogP contribution in [0.3, 0.4) is 0 Å². The molecule has 0 aliphatic carbocycles. The molecule has 0 aromatic carbocycles. The minimum absolute atomic E-state index is 0.107. The molecule has 1 aliphatic heterocycles. The molecule has 1 aliphatic rings. The number of hydrogen-bond donors (Lipinski definition) is 1. The zero-order valence-electron chi connectivity index (χ0n) is 11.6. The van der Waals surface area contributed by atoms with Gasteiger partial charge in [-0.3, -0.25) is 4.79 Å². The molecule has 2 aromatic rings. The highest BCUT2D eigenvalue weighted by atomic mass is 35.5. The number of fused-ring (bicyclic) bond motifs is 1. The highest BCUT2D eigenvalue weighted by molar-refractivity contribution is 6.20. The third-order valence-corrected chi connectivity index (χ3v) is 3.96. The summed E-state index contributed by atoms with van der Waals surface area (Å²) in [5.74, 6) is 0.930. The normalized spacial score (nSPS) is 20.9. The maximum Gasteiger partial charge on any atom is 0.220 e. The first kappa shape index (κ1) is 13.4. The van der Waals surface area contributed by atoms with Crippen LogP contribution in [0, 0.1) is 6.92 Å². The molecule has 2 atom stereocenters. The van der Waals surface area contributed by atoms with Crippen molar-refractivity contribution in [1.82, 2.24) is 19.9 Å².